The van der Waals surface area contributed by atoms with Crippen molar-refractivity contribution in [2.24, 2.45) is 10.9 Å². The predicted molar refractivity (Wildman–Crippen MR) is 132 cm³/mol. The second kappa shape index (κ2) is 10.9. The van der Waals surface area contributed by atoms with E-state index in [0.29, 0.717) is 44.0 Å². The van der Waals surface area contributed by atoms with E-state index in [1.807, 2.05) is 23.1 Å². The van der Waals surface area contributed by atoms with Crippen LogP contribution in [0, 0.1) is 5.92 Å². The van der Waals surface area contributed by atoms with Crippen molar-refractivity contribution in [2.45, 2.75) is 63.8 Å². The Morgan fingerprint density at radius 1 is 1.08 bits per heavy atom. The van der Waals surface area contributed by atoms with Gasteiger partial charge in [-0.05, 0) is 50.5 Å². The molecule has 1 aromatic carbocycles. The van der Waals surface area contributed by atoms with Gasteiger partial charge in [-0.25, -0.2) is 0 Å². The predicted octanol–water partition coefficient (Wildman–Crippen LogP) is 5.09. The van der Waals surface area contributed by atoms with E-state index in [1.54, 1.807) is 26.1 Å². The molecule has 9 heteroatoms. The smallest absolute Gasteiger partial charge is 0.419 e. The first kappa shape index (κ1) is 26.0. The van der Waals surface area contributed by atoms with Gasteiger partial charge in [-0.15, -0.1) is 0 Å². The van der Waals surface area contributed by atoms with Crippen LogP contribution in [0.2, 0.25) is 0 Å². The Labute approximate surface area is 210 Å². The maximum Gasteiger partial charge on any atom is 0.419 e. The van der Waals surface area contributed by atoms with Crippen LogP contribution < -0.4 is 10.1 Å². The van der Waals surface area contributed by atoms with Gasteiger partial charge in [-0.1, -0.05) is 31.0 Å². The number of piperidine rings is 1. The molecule has 2 aliphatic rings. The van der Waals surface area contributed by atoms with Gasteiger partial charge in [0.1, 0.15) is 23.1 Å². The van der Waals surface area contributed by atoms with Crippen molar-refractivity contribution in [1.29, 1.82) is 0 Å². The molecule has 0 radical (unpaired) electrons. The van der Waals surface area contributed by atoms with E-state index in [-0.39, 0.29) is 17.8 Å². The Hall–Kier alpha value is -3.10. The van der Waals surface area contributed by atoms with E-state index < -0.39 is 17.3 Å². The number of ether oxygens (including phenoxy) is 1. The molecule has 6 nitrogen and oxygen atoms in total. The number of aliphatic imine (C=N–C) groups is 1. The molecule has 1 aromatic heterocycles. The molecule has 1 saturated heterocycles. The number of aromatic nitrogens is 1. The number of likely N-dealkylation sites (tertiary alicyclic amines) is 1. The normalized spacial score (nSPS) is 17.7. The molecular formula is C27H33F3N4O2. The van der Waals surface area contributed by atoms with Gasteiger partial charge in [0.2, 0.25) is 5.91 Å². The van der Waals surface area contributed by atoms with Crippen LogP contribution in [0.25, 0.3) is 0 Å². The van der Waals surface area contributed by atoms with Gasteiger partial charge in [0, 0.05) is 38.7 Å². The summed E-state index contributed by atoms with van der Waals surface area (Å²) < 4.78 is 45.9. The lowest BCUT2D eigenvalue weighted by atomic mass is 10.0. The van der Waals surface area contributed by atoms with Crippen LogP contribution in [0.4, 0.5) is 13.2 Å². The minimum atomic E-state index is -4.47. The third kappa shape index (κ3) is 6.77. The summed E-state index contributed by atoms with van der Waals surface area (Å²) in [5.74, 6) is 1.05. The number of nitrogens with one attached hydrogen (secondary N) is 1. The largest absolute Gasteiger partial charge is 0.490 e. The summed E-state index contributed by atoms with van der Waals surface area (Å²) in [5.41, 5.74) is -1.12. The Morgan fingerprint density at radius 3 is 2.42 bits per heavy atom. The van der Waals surface area contributed by atoms with Crippen molar-refractivity contribution in [2.75, 3.05) is 19.6 Å². The van der Waals surface area contributed by atoms with Gasteiger partial charge in [0.15, 0.2) is 5.84 Å². The Kier molecular flexibility index (Phi) is 7.85. The lowest BCUT2D eigenvalue weighted by Crippen LogP contribution is -2.46. The Morgan fingerprint density at radius 2 is 1.78 bits per heavy atom. The number of amidine groups is 1. The average molecular weight is 503 g/mol. The summed E-state index contributed by atoms with van der Waals surface area (Å²) in [5, 5.41) is 3.01. The fourth-order valence-electron chi connectivity index (χ4n) is 4.28. The van der Waals surface area contributed by atoms with Crippen molar-refractivity contribution >= 4 is 11.7 Å². The molecule has 0 spiro atoms. The molecule has 0 bridgehead atoms. The molecule has 1 amide bonds. The SMILES string of the molecule is CC(C)(N=C(c1ccccn1)N1CCC(Oc2ccccc2C(F)(F)F)CC1)C(=O)NCCC1CC1. The number of halogens is 3. The van der Waals surface area contributed by atoms with Crippen LogP contribution in [0.5, 0.6) is 5.75 Å². The molecule has 194 valence electrons. The highest BCUT2D eigenvalue weighted by atomic mass is 19.4. The Balaban J connectivity index is 1.45. The number of carbonyl (C=O) groups excluding carboxylic acids is 1. The van der Waals surface area contributed by atoms with Crippen LogP contribution in [0.15, 0.2) is 53.7 Å². The van der Waals surface area contributed by atoms with E-state index in [4.69, 9.17) is 9.73 Å². The van der Waals surface area contributed by atoms with Crippen LogP contribution in [-0.2, 0) is 11.0 Å². The lowest BCUT2D eigenvalue weighted by molar-refractivity contribution is -0.139. The quantitative estimate of drug-likeness (QED) is 0.404. The van der Waals surface area contributed by atoms with Gasteiger partial charge in [-0.3, -0.25) is 14.8 Å². The number of nitrogens with zero attached hydrogens (tertiary/aromatic N) is 3. The number of pyridine rings is 1. The van der Waals surface area contributed by atoms with Gasteiger partial charge in [0.05, 0.1) is 5.56 Å². The number of alkyl halides is 3. The molecule has 0 unspecified atom stereocenters. The number of para-hydroxylation sites is 1. The summed E-state index contributed by atoms with van der Waals surface area (Å²) in [6, 6.07) is 10.8. The number of amides is 1. The lowest BCUT2D eigenvalue weighted by Gasteiger charge is -2.35. The van der Waals surface area contributed by atoms with Crippen LogP contribution >= 0.6 is 0 Å². The highest BCUT2D eigenvalue weighted by Gasteiger charge is 2.36. The van der Waals surface area contributed by atoms with Crippen LogP contribution in [0.3, 0.4) is 0 Å². The standard InChI is InChI=1S/C27H33F3N4O2/c1-26(2,25(35)32-16-12-19-10-11-19)33-24(22-8-5-6-15-31-22)34-17-13-20(14-18-34)36-23-9-4-3-7-21(23)27(28,29)30/h3-9,15,19-20H,10-14,16-18H2,1-2H3,(H,32,35). The van der Waals surface area contributed by atoms with Crippen LogP contribution in [-0.4, -0.2) is 52.9 Å². The minimum Gasteiger partial charge on any atom is -0.490 e. The molecule has 0 atom stereocenters. The first-order chi connectivity index (χ1) is 17.1. The molecular weight excluding hydrogens is 469 g/mol. The third-order valence-corrected chi connectivity index (χ3v) is 6.60. The zero-order chi connectivity index (χ0) is 25.8. The topological polar surface area (TPSA) is 66.8 Å². The summed E-state index contributed by atoms with van der Waals surface area (Å²) in [7, 11) is 0. The number of benzene rings is 1. The molecule has 2 heterocycles. The van der Waals surface area contributed by atoms with Crippen molar-refractivity contribution in [1.82, 2.24) is 15.2 Å². The van der Waals surface area contributed by atoms with Gasteiger partial charge in [0.25, 0.3) is 0 Å². The third-order valence-electron chi connectivity index (χ3n) is 6.60. The first-order valence-corrected chi connectivity index (χ1v) is 12.5. The summed E-state index contributed by atoms with van der Waals surface area (Å²) in [6.45, 7) is 5.25. The molecule has 1 aliphatic heterocycles. The molecule has 4 rings (SSSR count). The molecule has 1 N–H and O–H groups in total. The van der Waals surface area contributed by atoms with E-state index >= 15 is 0 Å². The monoisotopic (exact) mass is 502 g/mol. The van der Waals surface area contributed by atoms with E-state index in [1.165, 1.54) is 25.0 Å². The van der Waals surface area contributed by atoms with E-state index in [0.717, 1.165) is 18.4 Å². The Bertz CT molecular complexity index is 1060. The van der Waals surface area contributed by atoms with Gasteiger partial charge in [-0.2, -0.15) is 13.2 Å². The number of rotatable bonds is 8. The summed E-state index contributed by atoms with van der Waals surface area (Å²) >= 11 is 0. The van der Waals surface area contributed by atoms with Gasteiger partial charge >= 0.3 is 6.18 Å². The molecule has 2 fully saturated rings. The van der Waals surface area contributed by atoms with Crippen molar-refractivity contribution in [3.63, 3.8) is 0 Å². The highest BCUT2D eigenvalue weighted by molar-refractivity contribution is 5.99. The maximum atomic E-state index is 13.4. The second-order valence-electron chi connectivity index (χ2n) is 10.00. The van der Waals surface area contributed by atoms with Crippen LogP contribution in [0.1, 0.15) is 57.2 Å². The fourth-order valence-corrected chi connectivity index (χ4v) is 4.28. The van der Waals surface area contributed by atoms with E-state index in [9.17, 15) is 18.0 Å². The summed E-state index contributed by atoms with van der Waals surface area (Å²) in [6.07, 6.45) is 1.36. The maximum absolute atomic E-state index is 13.4. The van der Waals surface area contributed by atoms with E-state index in [2.05, 4.69) is 10.3 Å². The molecule has 2 aromatic rings. The number of carbonyl (C=O) groups is 1. The number of hydrogen-bond acceptors (Lipinski definition) is 4. The second-order valence-corrected chi connectivity index (χ2v) is 10.00. The van der Waals surface area contributed by atoms with Crippen molar-refractivity contribution in [3.8, 4) is 5.75 Å². The highest BCUT2D eigenvalue weighted by Crippen LogP contribution is 2.37. The fraction of sp³-hybridized carbons (Fsp3) is 0.519. The molecule has 1 saturated carbocycles. The number of hydrogen-bond donors (Lipinski definition) is 1. The van der Waals surface area contributed by atoms with Crippen molar-refractivity contribution < 1.29 is 22.7 Å². The zero-order valence-corrected chi connectivity index (χ0v) is 20.7. The molecule has 1 aliphatic carbocycles. The van der Waals surface area contributed by atoms with Gasteiger partial charge < -0.3 is 15.0 Å². The minimum absolute atomic E-state index is 0.140. The average Bonchev–Trinajstić information content (AvgIpc) is 3.68. The first-order valence-electron chi connectivity index (χ1n) is 12.5. The zero-order valence-electron chi connectivity index (χ0n) is 20.7. The summed E-state index contributed by atoms with van der Waals surface area (Å²) in [4.78, 5) is 24.3. The van der Waals surface area contributed by atoms with Crippen molar-refractivity contribution in [3.05, 3.63) is 59.9 Å². The molecule has 36 heavy (non-hydrogen) atoms.